The maximum Gasteiger partial charge on any atom is 0.404 e. The number of carbonyl (C=O) groups is 1. The zero-order valence-electron chi connectivity index (χ0n) is 16.3. The van der Waals surface area contributed by atoms with Crippen molar-refractivity contribution in [2.45, 2.75) is 42.8 Å². The van der Waals surface area contributed by atoms with Gasteiger partial charge in [0.15, 0.2) is 19.0 Å². The summed E-state index contributed by atoms with van der Waals surface area (Å²) in [5.41, 5.74) is 6.88. The van der Waals surface area contributed by atoms with Crippen LogP contribution in [-0.4, -0.2) is 15.6 Å². The van der Waals surface area contributed by atoms with Crippen LogP contribution in [-0.2, 0) is 17.9 Å². The van der Waals surface area contributed by atoms with Gasteiger partial charge in [-0.1, -0.05) is 48.8 Å². The van der Waals surface area contributed by atoms with Crippen LogP contribution in [0.1, 0.15) is 36.8 Å². The van der Waals surface area contributed by atoms with Gasteiger partial charge < -0.3 is 20.2 Å². The fourth-order valence-electron chi connectivity index (χ4n) is 2.83. The highest BCUT2D eigenvalue weighted by Gasteiger charge is 2.22. The predicted octanol–water partition coefficient (Wildman–Crippen LogP) is 4.74. The van der Waals surface area contributed by atoms with Crippen LogP contribution in [0.25, 0.3) is 0 Å². The molecule has 0 saturated carbocycles. The molecule has 1 aromatic carbocycles. The molecule has 0 aliphatic heterocycles. The first kappa shape index (κ1) is 22.3. The number of pyridine rings is 1. The van der Waals surface area contributed by atoms with Gasteiger partial charge in [-0.15, -0.1) is 0 Å². The fraction of sp³-hybridized carbons (Fsp3) is 0.250. The Balaban J connectivity index is 2.08. The minimum Gasteiger partial charge on any atom is -0.619 e. The number of primary amides is 1. The van der Waals surface area contributed by atoms with Gasteiger partial charge in [0.1, 0.15) is 10.9 Å². The van der Waals surface area contributed by atoms with E-state index in [4.69, 9.17) is 38.7 Å². The van der Waals surface area contributed by atoms with Crippen molar-refractivity contribution in [1.82, 2.24) is 9.55 Å². The number of nitrogens with two attached hydrogens (primary N) is 1. The Hall–Kier alpha value is -2.42. The zero-order chi connectivity index (χ0) is 21.8. The van der Waals surface area contributed by atoms with Crippen LogP contribution in [0.5, 0.6) is 0 Å². The summed E-state index contributed by atoms with van der Waals surface area (Å²) in [5.74, 6) is 0.655. The van der Waals surface area contributed by atoms with Crippen LogP contribution in [0.4, 0.5) is 4.79 Å². The van der Waals surface area contributed by atoms with Gasteiger partial charge in [-0.25, -0.2) is 9.78 Å². The Morgan fingerprint density at radius 3 is 2.47 bits per heavy atom. The van der Waals surface area contributed by atoms with Crippen molar-refractivity contribution in [3.05, 3.63) is 75.1 Å². The molecular weight excluding hydrogens is 447 g/mol. The first-order chi connectivity index (χ1) is 14.2. The van der Waals surface area contributed by atoms with Crippen molar-refractivity contribution >= 4 is 41.1 Å². The molecule has 2 aromatic heterocycles. The molecule has 2 heterocycles. The molecule has 0 unspecified atom stereocenters. The molecule has 30 heavy (non-hydrogen) atoms. The Morgan fingerprint density at radius 2 is 1.90 bits per heavy atom. The van der Waals surface area contributed by atoms with E-state index in [2.05, 4.69) is 0 Å². The van der Waals surface area contributed by atoms with E-state index in [-0.39, 0.29) is 12.5 Å². The molecule has 158 valence electrons. The molecule has 0 fully saturated rings. The second kappa shape index (κ2) is 9.59. The molecule has 0 atom stereocenters. The number of ether oxygens (including phenoxy) is 1. The van der Waals surface area contributed by atoms with Gasteiger partial charge in [-0.05, 0) is 29.7 Å². The lowest BCUT2D eigenvalue weighted by Crippen LogP contribution is -2.24. The van der Waals surface area contributed by atoms with Crippen LogP contribution in [0.2, 0.25) is 10.0 Å². The molecule has 7 nitrogen and oxygen atoms in total. The number of amides is 1. The standard InChI is InChI=1S/C20H20Cl2N4O3S/c1-12(2)18-19(30-16-8-14(21)7-15(22)9-16)26(17(24-18)11-29-20(23)27)10-13-3-5-25(28)6-4-13/h3-9,12H,10-11H2,1-2H3,(H2,23,27). The third kappa shape index (κ3) is 5.59. The van der Waals surface area contributed by atoms with Crippen molar-refractivity contribution in [1.29, 1.82) is 0 Å². The molecule has 0 bridgehead atoms. The van der Waals surface area contributed by atoms with E-state index in [9.17, 15) is 10.0 Å². The van der Waals surface area contributed by atoms with E-state index in [0.717, 1.165) is 25.9 Å². The number of imidazole rings is 1. The van der Waals surface area contributed by atoms with E-state index in [1.807, 2.05) is 30.5 Å². The third-order valence-electron chi connectivity index (χ3n) is 4.18. The summed E-state index contributed by atoms with van der Waals surface area (Å²) in [7, 11) is 0. The lowest BCUT2D eigenvalue weighted by Gasteiger charge is -2.14. The molecule has 3 rings (SSSR count). The number of carbonyl (C=O) groups excluding carboxylic acids is 1. The van der Waals surface area contributed by atoms with Crippen LogP contribution in [0, 0.1) is 5.21 Å². The normalized spacial score (nSPS) is 11.1. The van der Waals surface area contributed by atoms with Crippen molar-refractivity contribution < 1.29 is 14.3 Å². The summed E-state index contributed by atoms with van der Waals surface area (Å²) >= 11 is 13.8. The summed E-state index contributed by atoms with van der Waals surface area (Å²) < 4.78 is 7.68. The zero-order valence-corrected chi connectivity index (χ0v) is 18.7. The summed E-state index contributed by atoms with van der Waals surface area (Å²) in [6.07, 6.45) is 1.98. The Morgan fingerprint density at radius 1 is 1.27 bits per heavy atom. The van der Waals surface area contributed by atoms with Crippen molar-refractivity contribution in [3.63, 3.8) is 0 Å². The van der Waals surface area contributed by atoms with E-state index in [0.29, 0.717) is 22.4 Å². The molecule has 0 aliphatic carbocycles. The van der Waals surface area contributed by atoms with Gasteiger partial charge in [0.2, 0.25) is 0 Å². The number of hydrogen-bond donors (Lipinski definition) is 1. The topological polar surface area (TPSA) is 97.1 Å². The number of aromatic nitrogens is 3. The maximum absolute atomic E-state index is 11.4. The first-order valence-corrected chi connectivity index (χ1v) is 10.6. The predicted molar refractivity (Wildman–Crippen MR) is 116 cm³/mol. The molecular formula is C20H20Cl2N4O3S. The van der Waals surface area contributed by atoms with E-state index < -0.39 is 6.09 Å². The maximum atomic E-state index is 11.4. The highest BCUT2D eigenvalue weighted by atomic mass is 35.5. The molecule has 0 radical (unpaired) electrons. The Kier molecular flexibility index (Phi) is 7.12. The average Bonchev–Trinajstić information content (AvgIpc) is 2.98. The molecule has 0 spiro atoms. The number of nitrogens with zero attached hydrogens (tertiary/aromatic N) is 3. The Labute approximate surface area is 188 Å². The summed E-state index contributed by atoms with van der Waals surface area (Å²) in [6.45, 7) is 4.42. The van der Waals surface area contributed by atoms with E-state index in [1.54, 1.807) is 18.2 Å². The Bertz CT molecular complexity index is 1030. The average molecular weight is 467 g/mol. The van der Waals surface area contributed by atoms with E-state index in [1.165, 1.54) is 24.2 Å². The molecule has 0 aliphatic rings. The molecule has 0 saturated heterocycles. The first-order valence-electron chi connectivity index (χ1n) is 9.06. The van der Waals surface area contributed by atoms with Crippen molar-refractivity contribution in [2.24, 2.45) is 5.73 Å². The highest BCUT2D eigenvalue weighted by molar-refractivity contribution is 7.99. The molecule has 3 aromatic rings. The van der Waals surface area contributed by atoms with Crippen LogP contribution >= 0.6 is 35.0 Å². The van der Waals surface area contributed by atoms with E-state index >= 15 is 0 Å². The smallest absolute Gasteiger partial charge is 0.404 e. The molecule has 1 amide bonds. The van der Waals surface area contributed by atoms with Gasteiger partial charge in [0.05, 0.1) is 12.2 Å². The van der Waals surface area contributed by atoms with Gasteiger partial charge in [0, 0.05) is 27.1 Å². The summed E-state index contributed by atoms with van der Waals surface area (Å²) in [5, 5.41) is 13.3. The van der Waals surface area contributed by atoms with Crippen molar-refractivity contribution in [2.75, 3.05) is 0 Å². The monoisotopic (exact) mass is 466 g/mol. The minimum atomic E-state index is -0.876. The van der Waals surface area contributed by atoms with Crippen molar-refractivity contribution in [3.8, 4) is 0 Å². The lowest BCUT2D eigenvalue weighted by molar-refractivity contribution is -0.605. The fourth-order valence-corrected chi connectivity index (χ4v) is 4.74. The lowest BCUT2D eigenvalue weighted by atomic mass is 10.1. The van der Waals surface area contributed by atoms with Gasteiger partial charge in [0.25, 0.3) is 0 Å². The summed E-state index contributed by atoms with van der Waals surface area (Å²) in [4.78, 5) is 16.7. The number of hydrogen-bond acceptors (Lipinski definition) is 5. The number of rotatable bonds is 7. The van der Waals surface area contributed by atoms with Gasteiger partial charge >= 0.3 is 6.09 Å². The second-order valence-corrected chi connectivity index (χ2v) is 8.78. The summed E-state index contributed by atoms with van der Waals surface area (Å²) in [6, 6.07) is 8.77. The SMILES string of the molecule is CC(C)c1nc(COC(N)=O)n(Cc2cc[n+]([O-])cc2)c1Sc1cc(Cl)cc(Cl)c1. The van der Waals surface area contributed by atoms with Gasteiger partial charge in [-0.3, -0.25) is 0 Å². The van der Waals surface area contributed by atoms with Crippen LogP contribution in [0.3, 0.4) is 0 Å². The minimum absolute atomic E-state index is 0.0691. The number of benzene rings is 1. The molecule has 10 heteroatoms. The number of halogens is 2. The van der Waals surface area contributed by atoms with Crippen LogP contribution in [0.15, 0.2) is 52.6 Å². The highest BCUT2D eigenvalue weighted by Crippen LogP contribution is 2.37. The third-order valence-corrected chi connectivity index (χ3v) is 5.71. The largest absolute Gasteiger partial charge is 0.619 e. The van der Waals surface area contributed by atoms with Crippen LogP contribution < -0.4 is 10.5 Å². The second-order valence-electron chi connectivity index (χ2n) is 6.84. The molecule has 2 N–H and O–H groups in total. The quantitative estimate of drug-likeness (QED) is 0.400. The van der Waals surface area contributed by atoms with Gasteiger partial charge in [-0.2, -0.15) is 4.73 Å².